The highest BCUT2D eigenvalue weighted by atomic mass is 16.5. The van der Waals surface area contributed by atoms with Crippen molar-refractivity contribution in [2.75, 3.05) is 0 Å². The highest BCUT2D eigenvalue weighted by molar-refractivity contribution is 5.87. The van der Waals surface area contributed by atoms with Crippen LogP contribution in [0, 0.1) is 5.41 Å². The molecule has 0 bridgehead atoms. The Kier molecular flexibility index (Phi) is 4.50. The Hall–Kier alpha value is -1.57. The molecule has 0 aliphatic rings. The van der Waals surface area contributed by atoms with Gasteiger partial charge in [-0.05, 0) is 17.4 Å². The van der Waals surface area contributed by atoms with Crippen LogP contribution in [0.4, 0.5) is 0 Å². The number of hydrogen-bond acceptors (Lipinski definition) is 2. The summed E-state index contributed by atoms with van der Waals surface area (Å²) >= 11 is 0. The van der Waals surface area contributed by atoms with Gasteiger partial charge in [0, 0.05) is 5.57 Å². The Balaban J connectivity index is 2.43. The molecule has 0 fully saturated rings. The third-order valence-electron chi connectivity index (χ3n) is 2.25. The first-order chi connectivity index (χ1) is 7.88. The summed E-state index contributed by atoms with van der Waals surface area (Å²) in [4.78, 5) is 11.7. The van der Waals surface area contributed by atoms with Crippen molar-refractivity contribution in [1.82, 2.24) is 0 Å². The number of carbonyl (C=O) groups is 1. The molecule has 0 aliphatic heterocycles. The second-order valence-corrected chi connectivity index (χ2v) is 5.40. The highest BCUT2D eigenvalue weighted by Crippen LogP contribution is 2.23. The molecule has 0 unspecified atom stereocenters. The Labute approximate surface area is 103 Å². The molecule has 0 amide bonds. The Bertz CT molecular complexity index is 385. The van der Waals surface area contributed by atoms with Gasteiger partial charge in [0.05, 0.1) is 0 Å². The molecule has 0 heterocycles. The first kappa shape index (κ1) is 13.5. The van der Waals surface area contributed by atoms with E-state index in [4.69, 9.17) is 4.74 Å². The molecule has 0 N–H and O–H groups in total. The van der Waals surface area contributed by atoms with Crippen LogP contribution in [0.2, 0.25) is 0 Å². The van der Waals surface area contributed by atoms with Gasteiger partial charge in [-0.3, -0.25) is 0 Å². The van der Waals surface area contributed by atoms with Crippen LogP contribution in [-0.4, -0.2) is 5.97 Å². The lowest BCUT2D eigenvalue weighted by Gasteiger charge is -2.18. The summed E-state index contributed by atoms with van der Waals surface area (Å²) in [6, 6.07) is 9.64. The molecule has 0 radical (unpaired) electrons. The Morgan fingerprint density at radius 3 is 2.35 bits per heavy atom. The van der Waals surface area contributed by atoms with E-state index in [1.165, 1.54) is 0 Å². The molecular formula is C15H20O2. The van der Waals surface area contributed by atoms with Crippen molar-refractivity contribution in [3.05, 3.63) is 48.0 Å². The maximum Gasteiger partial charge on any atom is 0.333 e. The number of ether oxygens (including phenoxy) is 1. The number of esters is 1. The maximum absolute atomic E-state index is 11.7. The van der Waals surface area contributed by atoms with Crippen LogP contribution >= 0.6 is 0 Å². The molecule has 17 heavy (non-hydrogen) atoms. The molecule has 92 valence electrons. The van der Waals surface area contributed by atoms with Crippen LogP contribution in [-0.2, 0) is 16.1 Å². The second kappa shape index (κ2) is 5.67. The SMILES string of the molecule is C=C(CC(C)(C)C)C(=O)OCc1ccccc1. The van der Waals surface area contributed by atoms with E-state index in [1.54, 1.807) is 0 Å². The monoisotopic (exact) mass is 232 g/mol. The molecule has 1 aromatic carbocycles. The number of hydrogen-bond donors (Lipinski definition) is 0. The van der Waals surface area contributed by atoms with Crippen molar-refractivity contribution in [3.8, 4) is 0 Å². The molecule has 2 nitrogen and oxygen atoms in total. The smallest absolute Gasteiger partial charge is 0.333 e. The predicted octanol–water partition coefficient (Wildman–Crippen LogP) is 3.72. The minimum Gasteiger partial charge on any atom is -0.457 e. The van der Waals surface area contributed by atoms with Gasteiger partial charge in [0.25, 0.3) is 0 Å². The standard InChI is InChI=1S/C15H20O2/c1-12(10-15(2,3)4)14(16)17-11-13-8-6-5-7-9-13/h5-9H,1,10-11H2,2-4H3. The summed E-state index contributed by atoms with van der Waals surface area (Å²) in [6.45, 7) is 10.3. The molecule has 1 rings (SSSR count). The van der Waals surface area contributed by atoms with Crippen molar-refractivity contribution in [3.63, 3.8) is 0 Å². The highest BCUT2D eigenvalue weighted by Gasteiger charge is 2.17. The fraction of sp³-hybridized carbons (Fsp3) is 0.400. The summed E-state index contributed by atoms with van der Waals surface area (Å²) < 4.78 is 5.20. The summed E-state index contributed by atoms with van der Waals surface area (Å²) in [7, 11) is 0. The minimum atomic E-state index is -0.302. The molecule has 2 heteroatoms. The van der Waals surface area contributed by atoms with Gasteiger partial charge in [-0.15, -0.1) is 0 Å². The van der Waals surface area contributed by atoms with Crippen LogP contribution in [0.25, 0.3) is 0 Å². The molecule has 0 saturated carbocycles. The van der Waals surface area contributed by atoms with Gasteiger partial charge in [-0.2, -0.15) is 0 Å². The van der Waals surface area contributed by atoms with Gasteiger partial charge >= 0.3 is 5.97 Å². The lowest BCUT2D eigenvalue weighted by Crippen LogP contribution is -2.14. The quantitative estimate of drug-likeness (QED) is 0.584. The molecule has 0 saturated heterocycles. The number of carbonyl (C=O) groups excluding carboxylic acids is 1. The van der Waals surface area contributed by atoms with Crippen molar-refractivity contribution in [2.45, 2.75) is 33.8 Å². The fourth-order valence-corrected chi connectivity index (χ4v) is 1.54. The minimum absolute atomic E-state index is 0.0584. The van der Waals surface area contributed by atoms with Crippen molar-refractivity contribution >= 4 is 5.97 Å². The normalized spacial score (nSPS) is 11.0. The summed E-state index contributed by atoms with van der Waals surface area (Å²) in [5.41, 5.74) is 1.58. The van der Waals surface area contributed by atoms with Crippen LogP contribution < -0.4 is 0 Å². The summed E-state index contributed by atoms with van der Waals surface area (Å²) in [6.07, 6.45) is 0.653. The zero-order valence-corrected chi connectivity index (χ0v) is 10.8. The fourth-order valence-electron chi connectivity index (χ4n) is 1.54. The Morgan fingerprint density at radius 1 is 1.24 bits per heavy atom. The van der Waals surface area contributed by atoms with Crippen LogP contribution in [0.1, 0.15) is 32.8 Å². The first-order valence-electron chi connectivity index (χ1n) is 5.77. The molecule has 0 aromatic heterocycles. The average molecular weight is 232 g/mol. The van der Waals surface area contributed by atoms with Crippen molar-refractivity contribution < 1.29 is 9.53 Å². The van der Waals surface area contributed by atoms with E-state index in [0.717, 1.165) is 5.56 Å². The number of benzene rings is 1. The molecular weight excluding hydrogens is 212 g/mol. The van der Waals surface area contributed by atoms with E-state index < -0.39 is 0 Å². The van der Waals surface area contributed by atoms with Crippen molar-refractivity contribution in [1.29, 1.82) is 0 Å². The van der Waals surface area contributed by atoms with Crippen LogP contribution in [0.5, 0.6) is 0 Å². The third-order valence-corrected chi connectivity index (χ3v) is 2.25. The van der Waals surface area contributed by atoms with Gasteiger partial charge in [0.15, 0.2) is 0 Å². The topological polar surface area (TPSA) is 26.3 Å². The van der Waals surface area contributed by atoms with E-state index in [9.17, 15) is 4.79 Å². The van der Waals surface area contributed by atoms with Gasteiger partial charge < -0.3 is 4.74 Å². The zero-order chi connectivity index (χ0) is 12.9. The molecule has 1 aromatic rings. The average Bonchev–Trinajstić information content (AvgIpc) is 2.25. The van der Waals surface area contributed by atoms with E-state index in [1.807, 2.05) is 30.3 Å². The largest absolute Gasteiger partial charge is 0.457 e. The summed E-state index contributed by atoms with van der Waals surface area (Å²) in [5.74, 6) is -0.302. The molecule has 0 aliphatic carbocycles. The van der Waals surface area contributed by atoms with Crippen LogP contribution in [0.15, 0.2) is 42.5 Å². The Morgan fingerprint density at radius 2 is 1.82 bits per heavy atom. The molecule has 0 atom stereocenters. The van der Waals surface area contributed by atoms with E-state index in [-0.39, 0.29) is 11.4 Å². The van der Waals surface area contributed by atoms with E-state index in [0.29, 0.717) is 18.6 Å². The number of rotatable bonds is 4. The van der Waals surface area contributed by atoms with Gasteiger partial charge in [-0.1, -0.05) is 57.7 Å². The van der Waals surface area contributed by atoms with Gasteiger partial charge in [0.2, 0.25) is 0 Å². The van der Waals surface area contributed by atoms with Gasteiger partial charge in [-0.25, -0.2) is 4.79 Å². The first-order valence-corrected chi connectivity index (χ1v) is 5.77. The van der Waals surface area contributed by atoms with Crippen LogP contribution in [0.3, 0.4) is 0 Å². The van der Waals surface area contributed by atoms with E-state index >= 15 is 0 Å². The lowest BCUT2D eigenvalue weighted by atomic mass is 9.88. The van der Waals surface area contributed by atoms with Gasteiger partial charge in [0.1, 0.15) is 6.61 Å². The maximum atomic E-state index is 11.7. The predicted molar refractivity (Wildman–Crippen MR) is 69.5 cm³/mol. The second-order valence-electron chi connectivity index (χ2n) is 5.40. The molecule has 0 spiro atoms. The third kappa shape index (κ3) is 5.34. The van der Waals surface area contributed by atoms with Crippen molar-refractivity contribution in [2.24, 2.45) is 5.41 Å². The lowest BCUT2D eigenvalue weighted by molar-refractivity contribution is -0.140. The summed E-state index contributed by atoms with van der Waals surface area (Å²) in [5, 5.41) is 0. The zero-order valence-electron chi connectivity index (χ0n) is 10.8. The van der Waals surface area contributed by atoms with E-state index in [2.05, 4.69) is 27.4 Å².